The summed E-state index contributed by atoms with van der Waals surface area (Å²) >= 11 is 3.12. The first-order valence-electron chi connectivity index (χ1n) is 11.6. The number of nitrogens with zero attached hydrogens (tertiary/aromatic N) is 1. The quantitative estimate of drug-likeness (QED) is 0.223. The summed E-state index contributed by atoms with van der Waals surface area (Å²) in [6.45, 7) is 4.24. The molecule has 1 aliphatic heterocycles. The van der Waals surface area contributed by atoms with Crippen molar-refractivity contribution >= 4 is 63.2 Å². The minimum Gasteiger partial charge on any atom is -0.490 e. The Hall–Kier alpha value is -3.31. The zero-order valence-electron chi connectivity index (χ0n) is 20.3. The normalized spacial score (nSPS) is 14.2. The van der Waals surface area contributed by atoms with Crippen LogP contribution in [0.1, 0.15) is 23.6 Å². The van der Waals surface area contributed by atoms with Crippen molar-refractivity contribution in [1.82, 2.24) is 4.90 Å². The Morgan fingerprint density at radius 3 is 2.43 bits per heavy atom. The van der Waals surface area contributed by atoms with Crippen LogP contribution in [0.15, 0.2) is 71.6 Å². The van der Waals surface area contributed by atoms with E-state index >= 15 is 0 Å². The van der Waals surface area contributed by atoms with Gasteiger partial charge < -0.3 is 14.8 Å². The number of aryl methyl sites for hydroxylation is 1. The van der Waals surface area contributed by atoms with Gasteiger partial charge in [-0.05, 0) is 102 Å². The fraction of sp³-hybridized carbons (Fsp3) is 0.179. The second kappa shape index (κ2) is 12.3. The highest BCUT2D eigenvalue weighted by atomic mass is 127. The van der Waals surface area contributed by atoms with Gasteiger partial charge in [-0.15, -0.1) is 0 Å². The van der Waals surface area contributed by atoms with Crippen LogP contribution in [0, 0.1) is 10.5 Å². The number of hydrogen-bond donors (Lipinski definition) is 1. The first-order valence-corrected chi connectivity index (χ1v) is 13.5. The first kappa shape index (κ1) is 26.7. The van der Waals surface area contributed by atoms with Crippen molar-refractivity contribution in [3.8, 4) is 11.5 Å². The monoisotopic (exact) mass is 628 g/mol. The van der Waals surface area contributed by atoms with Crippen molar-refractivity contribution in [2.24, 2.45) is 0 Å². The van der Waals surface area contributed by atoms with Crippen LogP contribution in [0.3, 0.4) is 0 Å². The molecule has 0 spiro atoms. The maximum absolute atomic E-state index is 12.9. The molecule has 0 bridgehead atoms. The van der Waals surface area contributed by atoms with Gasteiger partial charge in [0.05, 0.1) is 18.1 Å². The summed E-state index contributed by atoms with van der Waals surface area (Å²) in [5.41, 5.74) is 3.36. The summed E-state index contributed by atoms with van der Waals surface area (Å²) in [6.07, 6.45) is 1.66. The highest BCUT2D eigenvalue weighted by Crippen LogP contribution is 2.35. The fourth-order valence-corrected chi connectivity index (χ4v) is 4.74. The van der Waals surface area contributed by atoms with Crippen molar-refractivity contribution in [1.29, 1.82) is 0 Å². The number of benzene rings is 3. The first-order chi connectivity index (χ1) is 17.8. The standard InChI is InChI=1S/C28H25IN2O5S/c1-3-35-24-14-20(8-13-23(24)36-17-26(32)30-22-11-4-18(2)5-12-22)15-25-27(33)31(28(34)37-25)16-19-6-9-21(29)10-7-19/h4-15H,3,16-17H2,1-2H3,(H,30,32)/b25-15-. The summed E-state index contributed by atoms with van der Waals surface area (Å²) in [5, 5.41) is 2.49. The zero-order valence-corrected chi connectivity index (χ0v) is 23.3. The molecule has 1 fully saturated rings. The Bertz CT molecular complexity index is 1340. The van der Waals surface area contributed by atoms with Crippen LogP contribution in [0.2, 0.25) is 0 Å². The van der Waals surface area contributed by atoms with E-state index in [1.807, 2.05) is 62.4 Å². The number of halogens is 1. The maximum atomic E-state index is 12.9. The summed E-state index contributed by atoms with van der Waals surface area (Å²) in [7, 11) is 0. The number of carbonyl (C=O) groups is 3. The second-order valence-corrected chi connectivity index (χ2v) is 10.5. The molecule has 1 heterocycles. The molecule has 7 nitrogen and oxygen atoms in total. The number of ether oxygens (including phenoxy) is 2. The Morgan fingerprint density at radius 1 is 1.00 bits per heavy atom. The Morgan fingerprint density at radius 2 is 1.73 bits per heavy atom. The third-order valence-corrected chi connectivity index (χ3v) is 7.01. The van der Waals surface area contributed by atoms with Gasteiger partial charge in [-0.3, -0.25) is 19.3 Å². The summed E-state index contributed by atoms with van der Waals surface area (Å²) in [6, 6.07) is 20.3. The summed E-state index contributed by atoms with van der Waals surface area (Å²) in [4.78, 5) is 39.3. The van der Waals surface area contributed by atoms with Crippen LogP contribution in [0.4, 0.5) is 10.5 Å². The molecule has 3 amide bonds. The molecule has 0 aliphatic carbocycles. The average Bonchev–Trinajstić information content (AvgIpc) is 3.13. The predicted octanol–water partition coefficient (Wildman–Crippen LogP) is 6.25. The highest BCUT2D eigenvalue weighted by Gasteiger charge is 2.35. The van der Waals surface area contributed by atoms with E-state index in [1.165, 1.54) is 4.90 Å². The molecule has 0 radical (unpaired) electrons. The van der Waals surface area contributed by atoms with E-state index in [9.17, 15) is 14.4 Å². The minimum atomic E-state index is -0.334. The lowest BCUT2D eigenvalue weighted by atomic mass is 10.1. The summed E-state index contributed by atoms with van der Waals surface area (Å²) in [5.74, 6) is 0.221. The third-order valence-electron chi connectivity index (χ3n) is 5.39. The van der Waals surface area contributed by atoms with E-state index in [4.69, 9.17) is 9.47 Å². The van der Waals surface area contributed by atoms with Gasteiger partial charge in [0.1, 0.15) is 0 Å². The van der Waals surface area contributed by atoms with E-state index in [0.717, 1.165) is 26.5 Å². The molecule has 1 saturated heterocycles. The molecule has 3 aromatic carbocycles. The smallest absolute Gasteiger partial charge is 0.293 e. The average molecular weight is 628 g/mol. The Labute approximate surface area is 233 Å². The van der Waals surface area contributed by atoms with Crippen LogP contribution in [-0.2, 0) is 16.1 Å². The van der Waals surface area contributed by atoms with Gasteiger partial charge in [-0.2, -0.15) is 0 Å². The molecule has 1 aliphatic rings. The molecular formula is C28H25IN2O5S. The number of rotatable bonds is 9. The van der Waals surface area contributed by atoms with Crippen LogP contribution in [0.25, 0.3) is 6.08 Å². The lowest BCUT2D eigenvalue weighted by Crippen LogP contribution is -2.27. The number of thioether (sulfide) groups is 1. The van der Waals surface area contributed by atoms with Gasteiger partial charge in [-0.25, -0.2) is 0 Å². The fourth-order valence-electron chi connectivity index (χ4n) is 3.54. The van der Waals surface area contributed by atoms with Gasteiger partial charge >= 0.3 is 0 Å². The number of carbonyl (C=O) groups excluding carboxylic acids is 3. The minimum absolute atomic E-state index is 0.190. The predicted molar refractivity (Wildman–Crippen MR) is 154 cm³/mol. The van der Waals surface area contributed by atoms with E-state index in [-0.39, 0.29) is 30.2 Å². The second-order valence-electron chi connectivity index (χ2n) is 8.24. The molecule has 0 unspecified atom stereocenters. The number of nitrogens with one attached hydrogen (secondary N) is 1. The molecule has 37 heavy (non-hydrogen) atoms. The largest absolute Gasteiger partial charge is 0.490 e. The van der Waals surface area contributed by atoms with Gasteiger partial charge in [0, 0.05) is 9.26 Å². The van der Waals surface area contributed by atoms with Crippen LogP contribution in [0.5, 0.6) is 11.5 Å². The Balaban J connectivity index is 1.43. The zero-order chi connectivity index (χ0) is 26.4. The lowest BCUT2D eigenvalue weighted by Gasteiger charge is -2.13. The number of imide groups is 1. The van der Waals surface area contributed by atoms with E-state index in [0.29, 0.717) is 34.3 Å². The molecular weight excluding hydrogens is 603 g/mol. The molecule has 0 aromatic heterocycles. The van der Waals surface area contributed by atoms with E-state index < -0.39 is 0 Å². The highest BCUT2D eigenvalue weighted by molar-refractivity contribution is 14.1. The molecule has 0 atom stereocenters. The van der Waals surface area contributed by atoms with Crippen LogP contribution in [-0.4, -0.2) is 35.2 Å². The molecule has 1 N–H and O–H groups in total. The lowest BCUT2D eigenvalue weighted by molar-refractivity contribution is -0.123. The van der Waals surface area contributed by atoms with Gasteiger partial charge in [0.2, 0.25) is 0 Å². The third kappa shape index (κ3) is 7.14. The molecule has 9 heteroatoms. The van der Waals surface area contributed by atoms with Crippen molar-refractivity contribution in [2.45, 2.75) is 20.4 Å². The maximum Gasteiger partial charge on any atom is 0.293 e. The van der Waals surface area contributed by atoms with Crippen molar-refractivity contribution in [2.75, 3.05) is 18.5 Å². The molecule has 190 valence electrons. The van der Waals surface area contributed by atoms with E-state index in [2.05, 4.69) is 27.9 Å². The van der Waals surface area contributed by atoms with Crippen LogP contribution < -0.4 is 14.8 Å². The SMILES string of the molecule is CCOc1cc(/C=C2\SC(=O)N(Cc3ccc(I)cc3)C2=O)ccc1OCC(=O)Nc1ccc(C)cc1. The number of amides is 3. The topological polar surface area (TPSA) is 84.9 Å². The number of hydrogen-bond acceptors (Lipinski definition) is 6. The van der Waals surface area contributed by atoms with Gasteiger partial charge in [-0.1, -0.05) is 35.9 Å². The van der Waals surface area contributed by atoms with Crippen molar-refractivity contribution in [3.63, 3.8) is 0 Å². The van der Waals surface area contributed by atoms with E-state index in [1.54, 1.807) is 24.3 Å². The molecule has 0 saturated carbocycles. The van der Waals surface area contributed by atoms with Gasteiger partial charge in [0.25, 0.3) is 17.1 Å². The van der Waals surface area contributed by atoms with Crippen molar-refractivity contribution in [3.05, 3.63) is 91.9 Å². The van der Waals surface area contributed by atoms with Crippen LogP contribution >= 0.6 is 34.4 Å². The number of anilines is 1. The Kier molecular flexibility index (Phi) is 8.88. The van der Waals surface area contributed by atoms with Gasteiger partial charge in [0.15, 0.2) is 18.1 Å². The summed E-state index contributed by atoms with van der Waals surface area (Å²) < 4.78 is 12.5. The van der Waals surface area contributed by atoms with Crippen molar-refractivity contribution < 1.29 is 23.9 Å². The molecule has 3 aromatic rings. The molecule has 4 rings (SSSR count).